The molecule has 0 radical (unpaired) electrons. The van der Waals surface area contributed by atoms with Crippen molar-refractivity contribution in [1.29, 1.82) is 0 Å². The molecule has 1 saturated heterocycles. The molecular weight excluding hydrogens is 348 g/mol. The van der Waals surface area contributed by atoms with E-state index < -0.39 is 0 Å². The van der Waals surface area contributed by atoms with Crippen molar-refractivity contribution in [3.8, 4) is 22.4 Å². The van der Waals surface area contributed by atoms with Gasteiger partial charge in [-0.2, -0.15) is 5.10 Å². The van der Waals surface area contributed by atoms with Crippen LogP contribution in [0.4, 0.5) is 5.82 Å². The zero-order valence-electron chi connectivity index (χ0n) is 16.0. The molecule has 0 saturated carbocycles. The summed E-state index contributed by atoms with van der Waals surface area (Å²) in [7, 11) is 0. The number of nitrogens with zero attached hydrogens (tertiary/aromatic N) is 3. The number of pyridine rings is 1. The van der Waals surface area contributed by atoms with Crippen LogP contribution in [-0.4, -0.2) is 41.5 Å². The molecule has 0 amide bonds. The summed E-state index contributed by atoms with van der Waals surface area (Å²) < 4.78 is 5.45. The standard InChI is InChI=1S/C23H24N4O/c1-18-7-8-20(19-5-3-2-4-6-19)10-12-25-26-23(18)21-9-11-24-22(17-21)27-13-15-28-16-14-27/h2-12,17,25H,13-16H2,1H3. The number of anilines is 1. The molecule has 2 aromatic heterocycles. The van der Waals surface area contributed by atoms with Crippen molar-refractivity contribution in [2.75, 3.05) is 31.2 Å². The van der Waals surface area contributed by atoms with Gasteiger partial charge in [0.25, 0.3) is 0 Å². The Hall–Kier alpha value is -3.18. The summed E-state index contributed by atoms with van der Waals surface area (Å²) in [4.78, 5) is 6.80. The first-order valence-electron chi connectivity index (χ1n) is 9.54. The zero-order valence-corrected chi connectivity index (χ0v) is 16.0. The molecular formula is C23H24N4O. The Morgan fingerprint density at radius 2 is 1.68 bits per heavy atom. The van der Waals surface area contributed by atoms with Gasteiger partial charge in [-0.25, -0.2) is 4.98 Å². The molecule has 0 bridgehead atoms. The summed E-state index contributed by atoms with van der Waals surface area (Å²) in [5.41, 5.74) is 5.35. The van der Waals surface area contributed by atoms with E-state index in [-0.39, 0.29) is 0 Å². The Morgan fingerprint density at radius 1 is 0.893 bits per heavy atom. The smallest absolute Gasteiger partial charge is 0.129 e. The fraction of sp³-hybridized carbons (Fsp3) is 0.217. The minimum atomic E-state index is 0.741. The molecule has 1 N–H and O–H groups in total. The third kappa shape index (κ3) is 4.21. The van der Waals surface area contributed by atoms with Gasteiger partial charge in [-0.3, -0.25) is 5.10 Å². The first-order chi connectivity index (χ1) is 13.8. The molecule has 1 fully saturated rings. The molecule has 1 aliphatic rings. The van der Waals surface area contributed by atoms with E-state index >= 15 is 0 Å². The monoisotopic (exact) mass is 372 g/mol. The van der Waals surface area contributed by atoms with Gasteiger partial charge in [0.15, 0.2) is 0 Å². The van der Waals surface area contributed by atoms with Gasteiger partial charge in [-0.1, -0.05) is 42.5 Å². The van der Waals surface area contributed by atoms with Crippen LogP contribution in [-0.2, 0) is 4.74 Å². The number of benzene rings is 1. The third-order valence-corrected chi connectivity index (χ3v) is 4.86. The predicted molar refractivity (Wildman–Crippen MR) is 113 cm³/mol. The van der Waals surface area contributed by atoms with Crippen molar-refractivity contribution in [3.63, 3.8) is 0 Å². The first kappa shape index (κ1) is 18.2. The molecule has 28 heavy (non-hydrogen) atoms. The second kappa shape index (κ2) is 8.67. The molecule has 5 heteroatoms. The van der Waals surface area contributed by atoms with E-state index in [1.165, 1.54) is 5.56 Å². The summed E-state index contributed by atoms with van der Waals surface area (Å²) in [6, 6.07) is 20.7. The average Bonchev–Trinajstić information content (AvgIpc) is 2.86. The lowest BCUT2D eigenvalue weighted by Crippen LogP contribution is -2.36. The van der Waals surface area contributed by atoms with Crippen molar-refractivity contribution in [2.45, 2.75) is 6.92 Å². The van der Waals surface area contributed by atoms with Crippen molar-refractivity contribution in [2.24, 2.45) is 0 Å². The van der Waals surface area contributed by atoms with Gasteiger partial charge in [-0.15, -0.1) is 0 Å². The molecule has 1 aromatic carbocycles. The minimum Gasteiger partial charge on any atom is -0.378 e. The van der Waals surface area contributed by atoms with Gasteiger partial charge in [0.1, 0.15) is 5.82 Å². The van der Waals surface area contributed by atoms with E-state index in [1.54, 1.807) is 0 Å². The van der Waals surface area contributed by atoms with E-state index in [0.29, 0.717) is 0 Å². The summed E-state index contributed by atoms with van der Waals surface area (Å²) in [5.74, 6) is 0.965. The summed E-state index contributed by atoms with van der Waals surface area (Å²) >= 11 is 0. The molecule has 3 aromatic rings. The highest BCUT2D eigenvalue weighted by Crippen LogP contribution is 2.24. The number of H-pyrrole nitrogens is 1. The van der Waals surface area contributed by atoms with Crippen molar-refractivity contribution >= 4 is 5.82 Å². The van der Waals surface area contributed by atoms with Gasteiger partial charge in [-0.05, 0) is 41.8 Å². The maximum absolute atomic E-state index is 5.45. The van der Waals surface area contributed by atoms with Gasteiger partial charge in [0.2, 0.25) is 0 Å². The summed E-state index contributed by atoms with van der Waals surface area (Å²) in [6.45, 7) is 5.29. The number of nitrogens with one attached hydrogen (secondary N) is 1. The van der Waals surface area contributed by atoms with Crippen LogP contribution in [0.15, 0.2) is 73.1 Å². The van der Waals surface area contributed by atoms with Crippen LogP contribution in [0, 0.1) is 6.92 Å². The quantitative estimate of drug-likeness (QED) is 0.740. The molecule has 0 atom stereocenters. The number of aromatic amines is 1. The van der Waals surface area contributed by atoms with E-state index in [1.807, 2.05) is 42.7 Å². The number of ether oxygens (including phenoxy) is 1. The van der Waals surface area contributed by atoms with Crippen LogP contribution in [0.1, 0.15) is 5.56 Å². The van der Waals surface area contributed by atoms with Gasteiger partial charge >= 0.3 is 0 Å². The number of morpholine rings is 1. The number of rotatable bonds is 3. The van der Waals surface area contributed by atoms with Crippen LogP contribution < -0.4 is 4.90 Å². The highest BCUT2D eigenvalue weighted by Gasteiger charge is 2.13. The summed E-state index contributed by atoms with van der Waals surface area (Å²) in [6.07, 6.45) is 3.72. The number of hydrogen-bond acceptors (Lipinski definition) is 4. The predicted octanol–water partition coefficient (Wildman–Crippen LogP) is 4.41. The van der Waals surface area contributed by atoms with Crippen LogP contribution in [0.3, 0.4) is 0 Å². The van der Waals surface area contributed by atoms with Crippen LogP contribution in [0.5, 0.6) is 0 Å². The van der Waals surface area contributed by atoms with Crippen LogP contribution in [0.25, 0.3) is 22.4 Å². The molecule has 0 spiro atoms. The molecule has 0 aliphatic carbocycles. The fourth-order valence-electron chi connectivity index (χ4n) is 3.31. The second-order valence-electron chi connectivity index (χ2n) is 6.76. The zero-order chi connectivity index (χ0) is 19.2. The van der Waals surface area contributed by atoms with Crippen molar-refractivity contribution in [3.05, 3.63) is 78.6 Å². The molecule has 5 nitrogen and oxygen atoms in total. The number of hydrogen-bond donors (Lipinski definition) is 1. The van der Waals surface area contributed by atoms with Crippen LogP contribution >= 0.6 is 0 Å². The SMILES string of the molecule is Cc1ccc(-c2ccccc2)cc[nH]nc1-c1ccnc(N2CCOCC2)c1. The Bertz CT molecular complexity index is 977. The Balaban J connectivity index is 1.72. The average molecular weight is 372 g/mol. The van der Waals surface area contributed by atoms with Crippen molar-refractivity contribution < 1.29 is 4.74 Å². The highest BCUT2D eigenvalue weighted by atomic mass is 16.5. The van der Waals surface area contributed by atoms with Gasteiger partial charge in [0.05, 0.1) is 18.9 Å². The number of aryl methyl sites for hydroxylation is 1. The third-order valence-electron chi connectivity index (χ3n) is 4.86. The van der Waals surface area contributed by atoms with E-state index in [9.17, 15) is 0 Å². The lowest BCUT2D eigenvalue weighted by Gasteiger charge is -2.28. The lowest BCUT2D eigenvalue weighted by atomic mass is 10.1. The lowest BCUT2D eigenvalue weighted by molar-refractivity contribution is 0.122. The molecule has 4 rings (SSSR count). The van der Waals surface area contributed by atoms with E-state index in [4.69, 9.17) is 4.74 Å². The normalized spacial score (nSPS) is 13.8. The Morgan fingerprint density at radius 3 is 2.50 bits per heavy atom. The minimum absolute atomic E-state index is 0.741. The molecule has 0 unspecified atom stereocenters. The Labute approximate surface area is 165 Å². The maximum atomic E-state index is 5.45. The molecule has 142 valence electrons. The van der Waals surface area contributed by atoms with E-state index in [2.05, 4.69) is 57.3 Å². The number of aromatic nitrogens is 3. The maximum Gasteiger partial charge on any atom is 0.129 e. The second-order valence-corrected chi connectivity index (χ2v) is 6.76. The highest BCUT2D eigenvalue weighted by molar-refractivity contribution is 5.67. The van der Waals surface area contributed by atoms with Crippen molar-refractivity contribution in [1.82, 2.24) is 15.2 Å². The molecule has 1 aliphatic heterocycles. The topological polar surface area (TPSA) is 54.0 Å². The van der Waals surface area contributed by atoms with Gasteiger partial charge in [0, 0.05) is 31.0 Å². The van der Waals surface area contributed by atoms with E-state index in [0.717, 1.165) is 54.5 Å². The summed E-state index contributed by atoms with van der Waals surface area (Å²) in [5, 5.41) is 7.69. The van der Waals surface area contributed by atoms with Gasteiger partial charge < -0.3 is 9.64 Å². The fourth-order valence-corrected chi connectivity index (χ4v) is 3.31. The molecule has 3 heterocycles. The largest absolute Gasteiger partial charge is 0.378 e. The Kier molecular flexibility index (Phi) is 5.64. The first-order valence-corrected chi connectivity index (χ1v) is 9.54. The van der Waals surface area contributed by atoms with Crippen LogP contribution in [0.2, 0.25) is 0 Å².